The van der Waals surface area contributed by atoms with Gasteiger partial charge < -0.3 is 5.32 Å². The summed E-state index contributed by atoms with van der Waals surface area (Å²) in [5, 5.41) is 7.13. The molecule has 26 heavy (non-hydrogen) atoms. The number of amides is 1. The number of hydrogen-bond donors (Lipinski definition) is 1. The second-order valence-electron chi connectivity index (χ2n) is 5.86. The molecule has 0 unspecified atom stereocenters. The van der Waals surface area contributed by atoms with E-state index in [4.69, 9.17) is 0 Å². The van der Waals surface area contributed by atoms with Crippen LogP contribution >= 0.6 is 11.8 Å². The van der Waals surface area contributed by atoms with Gasteiger partial charge in [-0.25, -0.2) is 4.68 Å². The summed E-state index contributed by atoms with van der Waals surface area (Å²) in [5.41, 5.74) is 3.09. The highest BCUT2D eigenvalue weighted by atomic mass is 32.2. The van der Waals surface area contributed by atoms with Crippen LogP contribution in [-0.4, -0.2) is 21.9 Å². The van der Waals surface area contributed by atoms with E-state index in [9.17, 15) is 9.59 Å². The fourth-order valence-electron chi connectivity index (χ4n) is 2.48. The van der Waals surface area contributed by atoms with Crippen molar-refractivity contribution in [2.45, 2.75) is 18.4 Å². The molecule has 0 atom stereocenters. The van der Waals surface area contributed by atoms with Crippen molar-refractivity contribution in [1.29, 1.82) is 0 Å². The summed E-state index contributed by atoms with van der Waals surface area (Å²) in [6.45, 7) is 1.87. The first-order valence-corrected chi connectivity index (χ1v) is 9.37. The highest BCUT2D eigenvalue weighted by Gasteiger charge is 2.09. The number of rotatable bonds is 5. The van der Waals surface area contributed by atoms with Crippen LogP contribution in [0.5, 0.6) is 0 Å². The summed E-state index contributed by atoms with van der Waals surface area (Å²) in [7, 11) is 0. The fourth-order valence-corrected chi connectivity index (χ4v) is 2.94. The number of nitrogens with zero attached hydrogens (tertiary/aromatic N) is 2. The summed E-state index contributed by atoms with van der Waals surface area (Å²) in [5.74, 6) is -0.293. The van der Waals surface area contributed by atoms with E-state index in [1.165, 1.54) is 10.7 Å². The Morgan fingerprint density at radius 2 is 1.88 bits per heavy atom. The first kappa shape index (κ1) is 17.9. The molecular formula is C20H19N3O2S. The van der Waals surface area contributed by atoms with Gasteiger partial charge in [0.15, 0.2) is 0 Å². The lowest BCUT2D eigenvalue weighted by Gasteiger charge is -2.09. The zero-order chi connectivity index (χ0) is 18.5. The van der Waals surface area contributed by atoms with Gasteiger partial charge in [-0.3, -0.25) is 9.59 Å². The predicted octanol–water partition coefficient (Wildman–Crippen LogP) is 3.58. The average molecular weight is 365 g/mol. The van der Waals surface area contributed by atoms with Gasteiger partial charge in [0.2, 0.25) is 5.91 Å². The first-order chi connectivity index (χ1) is 12.5. The second kappa shape index (κ2) is 8.01. The van der Waals surface area contributed by atoms with Crippen molar-refractivity contribution in [2.24, 2.45) is 0 Å². The van der Waals surface area contributed by atoms with Crippen molar-refractivity contribution in [3.8, 4) is 11.3 Å². The lowest BCUT2D eigenvalue weighted by Crippen LogP contribution is -2.29. The lowest BCUT2D eigenvalue weighted by molar-refractivity contribution is -0.117. The van der Waals surface area contributed by atoms with Gasteiger partial charge in [-0.05, 0) is 37.4 Å². The van der Waals surface area contributed by atoms with Gasteiger partial charge in [-0.15, -0.1) is 11.8 Å². The normalized spacial score (nSPS) is 10.5. The SMILES string of the molecule is CSc1cccc(NC(=O)Cn2nc(-c3ccc(C)cc3)ccc2=O)c1. The maximum atomic E-state index is 12.3. The van der Waals surface area contributed by atoms with Crippen molar-refractivity contribution in [1.82, 2.24) is 9.78 Å². The standard InChI is InChI=1S/C20H19N3O2S/c1-14-6-8-15(9-7-14)18-10-11-20(25)23(22-18)13-19(24)21-16-4-3-5-17(12-16)26-2/h3-12H,13H2,1-2H3,(H,21,24). The van der Waals surface area contributed by atoms with Crippen molar-refractivity contribution in [2.75, 3.05) is 11.6 Å². The Morgan fingerprint density at radius 3 is 2.62 bits per heavy atom. The highest BCUT2D eigenvalue weighted by molar-refractivity contribution is 7.98. The summed E-state index contributed by atoms with van der Waals surface area (Å²) in [6, 6.07) is 18.5. The number of hydrogen-bond acceptors (Lipinski definition) is 4. The van der Waals surface area contributed by atoms with Crippen LogP contribution < -0.4 is 10.9 Å². The molecule has 0 spiro atoms. The van der Waals surface area contributed by atoms with E-state index in [-0.39, 0.29) is 18.0 Å². The van der Waals surface area contributed by atoms with Crippen LogP contribution in [0.25, 0.3) is 11.3 Å². The van der Waals surface area contributed by atoms with Crippen molar-refractivity contribution >= 4 is 23.4 Å². The van der Waals surface area contributed by atoms with E-state index in [2.05, 4.69) is 10.4 Å². The number of carbonyl (C=O) groups is 1. The van der Waals surface area contributed by atoms with Crippen LogP contribution in [0.3, 0.4) is 0 Å². The number of benzene rings is 2. The van der Waals surface area contributed by atoms with Gasteiger partial charge >= 0.3 is 0 Å². The smallest absolute Gasteiger partial charge is 0.267 e. The van der Waals surface area contributed by atoms with Crippen molar-refractivity contribution < 1.29 is 4.79 Å². The van der Waals surface area contributed by atoms with Crippen molar-refractivity contribution in [3.63, 3.8) is 0 Å². The summed E-state index contributed by atoms with van der Waals surface area (Å²) in [4.78, 5) is 25.4. The molecule has 0 aliphatic rings. The molecule has 3 aromatic rings. The van der Waals surface area contributed by atoms with Gasteiger partial charge in [0.25, 0.3) is 5.56 Å². The molecule has 1 N–H and O–H groups in total. The van der Waals surface area contributed by atoms with E-state index in [1.807, 2.05) is 61.7 Å². The zero-order valence-electron chi connectivity index (χ0n) is 14.6. The molecule has 0 aliphatic heterocycles. The Bertz CT molecular complexity index is 981. The third-order valence-corrected chi connectivity index (χ3v) is 4.59. The second-order valence-corrected chi connectivity index (χ2v) is 6.74. The zero-order valence-corrected chi connectivity index (χ0v) is 15.4. The molecule has 1 aromatic heterocycles. The van der Waals surface area contributed by atoms with Crippen LogP contribution in [0.1, 0.15) is 5.56 Å². The van der Waals surface area contributed by atoms with E-state index in [0.29, 0.717) is 11.4 Å². The predicted molar refractivity (Wildman–Crippen MR) is 106 cm³/mol. The Morgan fingerprint density at radius 1 is 1.12 bits per heavy atom. The number of nitrogens with one attached hydrogen (secondary N) is 1. The molecule has 0 fully saturated rings. The maximum Gasteiger partial charge on any atom is 0.267 e. The molecule has 0 saturated carbocycles. The molecule has 6 heteroatoms. The van der Waals surface area contributed by atoms with Crippen molar-refractivity contribution in [3.05, 3.63) is 76.6 Å². The molecule has 0 bridgehead atoms. The quantitative estimate of drug-likeness (QED) is 0.702. The Hall–Kier alpha value is -2.86. The molecule has 0 radical (unpaired) electrons. The fraction of sp³-hybridized carbons (Fsp3) is 0.150. The molecule has 3 rings (SSSR count). The maximum absolute atomic E-state index is 12.3. The molecule has 0 saturated heterocycles. The van der Waals surface area contributed by atoms with Gasteiger partial charge in [0, 0.05) is 22.2 Å². The third kappa shape index (κ3) is 4.40. The van der Waals surface area contributed by atoms with Crippen LogP contribution in [0.2, 0.25) is 0 Å². The largest absolute Gasteiger partial charge is 0.324 e. The summed E-state index contributed by atoms with van der Waals surface area (Å²) >= 11 is 1.60. The number of aryl methyl sites for hydroxylation is 1. The van der Waals surface area contributed by atoms with Crippen LogP contribution in [0, 0.1) is 6.92 Å². The van der Waals surface area contributed by atoms with Gasteiger partial charge in [-0.2, -0.15) is 5.10 Å². The Kier molecular flexibility index (Phi) is 5.53. The van der Waals surface area contributed by atoms with Crippen LogP contribution in [0.4, 0.5) is 5.69 Å². The number of aromatic nitrogens is 2. The average Bonchev–Trinajstić information content (AvgIpc) is 2.64. The first-order valence-electron chi connectivity index (χ1n) is 8.14. The molecular weight excluding hydrogens is 346 g/mol. The van der Waals surface area contributed by atoms with Gasteiger partial charge in [0.1, 0.15) is 6.54 Å². The summed E-state index contributed by atoms with van der Waals surface area (Å²) in [6.07, 6.45) is 1.97. The molecule has 5 nitrogen and oxygen atoms in total. The summed E-state index contributed by atoms with van der Waals surface area (Å²) < 4.78 is 1.18. The lowest BCUT2D eigenvalue weighted by atomic mass is 10.1. The van der Waals surface area contributed by atoms with E-state index in [1.54, 1.807) is 17.8 Å². The van der Waals surface area contributed by atoms with E-state index >= 15 is 0 Å². The molecule has 1 amide bonds. The number of thioether (sulfide) groups is 1. The van der Waals surface area contributed by atoms with Crippen LogP contribution in [-0.2, 0) is 11.3 Å². The number of anilines is 1. The molecule has 2 aromatic carbocycles. The number of carbonyl (C=O) groups excluding carboxylic acids is 1. The minimum Gasteiger partial charge on any atom is -0.324 e. The van der Waals surface area contributed by atoms with Gasteiger partial charge in [-0.1, -0.05) is 35.9 Å². The minimum absolute atomic E-state index is 0.137. The third-order valence-electron chi connectivity index (χ3n) is 3.86. The van der Waals surface area contributed by atoms with Crippen LogP contribution in [0.15, 0.2) is 70.4 Å². The highest BCUT2D eigenvalue weighted by Crippen LogP contribution is 2.19. The topological polar surface area (TPSA) is 64.0 Å². The monoisotopic (exact) mass is 365 g/mol. The molecule has 1 heterocycles. The molecule has 132 valence electrons. The van der Waals surface area contributed by atoms with Gasteiger partial charge in [0.05, 0.1) is 5.69 Å². The minimum atomic E-state index is -0.311. The Labute approximate surface area is 156 Å². The Balaban J connectivity index is 1.78. The van der Waals surface area contributed by atoms with E-state index in [0.717, 1.165) is 16.0 Å². The molecule has 0 aliphatic carbocycles. The van der Waals surface area contributed by atoms with E-state index < -0.39 is 0 Å².